The van der Waals surface area contributed by atoms with Crippen LogP contribution < -0.4 is 15.4 Å². The van der Waals surface area contributed by atoms with Gasteiger partial charge in [0.2, 0.25) is 10.0 Å². The van der Waals surface area contributed by atoms with E-state index in [-0.39, 0.29) is 6.03 Å². The van der Waals surface area contributed by atoms with Crippen molar-refractivity contribution in [2.75, 3.05) is 49.7 Å². The first-order valence-electron chi connectivity index (χ1n) is 10.5. The Morgan fingerprint density at radius 3 is 2.59 bits per heavy atom. The summed E-state index contributed by atoms with van der Waals surface area (Å²) in [6.07, 6.45) is 2.98. The highest BCUT2D eigenvalue weighted by Gasteiger charge is 2.23. The third kappa shape index (κ3) is 7.16. The van der Waals surface area contributed by atoms with Crippen molar-refractivity contribution in [2.45, 2.75) is 27.3 Å². The summed E-state index contributed by atoms with van der Waals surface area (Å²) in [5.41, 5.74) is 1.66. The number of piperazine rings is 1. The van der Waals surface area contributed by atoms with Crippen LogP contribution in [0.3, 0.4) is 0 Å². The molecule has 11 heteroatoms. The van der Waals surface area contributed by atoms with Crippen LogP contribution in [0.4, 0.5) is 15.6 Å². The number of sulfonamides is 1. The highest BCUT2D eigenvalue weighted by atomic mass is 32.2. The zero-order valence-corrected chi connectivity index (χ0v) is 20.6. The fourth-order valence-corrected chi connectivity index (χ4v) is 4.91. The summed E-state index contributed by atoms with van der Waals surface area (Å²) in [5, 5.41) is 6.12. The summed E-state index contributed by atoms with van der Waals surface area (Å²) in [6.45, 7) is 9.66. The van der Waals surface area contributed by atoms with Gasteiger partial charge in [0, 0.05) is 43.8 Å². The summed E-state index contributed by atoms with van der Waals surface area (Å²) in [5.74, 6) is 1.02. The molecule has 2 heterocycles. The number of hydrogen-bond donors (Lipinski definition) is 2. The van der Waals surface area contributed by atoms with Gasteiger partial charge in [0.1, 0.15) is 5.75 Å². The first-order chi connectivity index (χ1) is 15.1. The molecule has 0 radical (unpaired) electrons. The van der Waals surface area contributed by atoms with Crippen LogP contribution >= 0.6 is 11.3 Å². The predicted octanol–water partition coefficient (Wildman–Crippen LogP) is 3.21. The molecule has 1 aromatic heterocycles. The van der Waals surface area contributed by atoms with Crippen molar-refractivity contribution in [1.82, 2.24) is 14.2 Å². The Kier molecular flexibility index (Phi) is 8.10. The van der Waals surface area contributed by atoms with E-state index in [0.717, 1.165) is 10.4 Å². The summed E-state index contributed by atoms with van der Waals surface area (Å²) in [4.78, 5) is 20.0. The van der Waals surface area contributed by atoms with E-state index in [0.29, 0.717) is 61.8 Å². The van der Waals surface area contributed by atoms with Gasteiger partial charge in [-0.15, -0.1) is 11.3 Å². The summed E-state index contributed by atoms with van der Waals surface area (Å²) < 4.78 is 30.6. The topological polar surface area (TPSA) is 104 Å². The Morgan fingerprint density at radius 1 is 1.22 bits per heavy atom. The van der Waals surface area contributed by atoms with Crippen LogP contribution in [0.2, 0.25) is 0 Å². The molecule has 2 N–H and O–H groups in total. The van der Waals surface area contributed by atoms with Crippen LogP contribution in [-0.4, -0.2) is 67.7 Å². The number of aryl methyl sites for hydroxylation is 1. The Bertz CT molecular complexity index is 1030. The number of rotatable bonds is 8. The smallest absolute Gasteiger partial charge is 0.325 e. The lowest BCUT2D eigenvalue weighted by molar-refractivity contribution is 0.183. The van der Waals surface area contributed by atoms with Gasteiger partial charge in [0.25, 0.3) is 0 Å². The molecule has 0 bridgehead atoms. The number of nitrogens with zero attached hydrogens (tertiary/aromatic N) is 3. The molecule has 3 rings (SSSR count). The van der Waals surface area contributed by atoms with Crippen molar-refractivity contribution in [3.8, 4) is 5.75 Å². The van der Waals surface area contributed by atoms with E-state index < -0.39 is 10.0 Å². The van der Waals surface area contributed by atoms with Gasteiger partial charge >= 0.3 is 6.03 Å². The van der Waals surface area contributed by atoms with Crippen molar-refractivity contribution in [3.05, 3.63) is 34.8 Å². The van der Waals surface area contributed by atoms with Crippen LogP contribution in [0.5, 0.6) is 5.75 Å². The number of aromatic nitrogens is 1. The normalized spacial score (nSPS) is 15.7. The third-order valence-electron chi connectivity index (χ3n) is 4.91. The average molecular weight is 482 g/mol. The molecule has 1 aliphatic rings. The van der Waals surface area contributed by atoms with Crippen molar-refractivity contribution >= 4 is 38.2 Å². The number of amides is 2. The first kappa shape index (κ1) is 24.4. The monoisotopic (exact) mass is 481 g/mol. The third-order valence-corrected chi connectivity index (χ3v) is 7.11. The van der Waals surface area contributed by atoms with Gasteiger partial charge in [-0.25, -0.2) is 18.2 Å². The zero-order chi connectivity index (χ0) is 23.3. The van der Waals surface area contributed by atoms with Gasteiger partial charge in [-0.1, -0.05) is 19.9 Å². The summed E-state index contributed by atoms with van der Waals surface area (Å²) in [6, 6.07) is 5.27. The summed E-state index contributed by atoms with van der Waals surface area (Å²) >= 11 is 1.40. The molecule has 9 nitrogen and oxygen atoms in total. The number of ether oxygens (including phenoxy) is 1. The van der Waals surface area contributed by atoms with E-state index >= 15 is 0 Å². The highest BCUT2D eigenvalue weighted by molar-refractivity contribution is 7.88. The second-order valence-electron chi connectivity index (χ2n) is 8.35. The molecule has 2 amide bonds. The van der Waals surface area contributed by atoms with Crippen molar-refractivity contribution in [3.63, 3.8) is 0 Å². The molecule has 1 saturated heterocycles. The van der Waals surface area contributed by atoms with Gasteiger partial charge in [0.15, 0.2) is 5.13 Å². The summed E-state index contributed by atoms with van der Waals surface area (Å²) in [7, 11) is -3.14. The molecule has 32 heavy (non-hydrogen) atoms. The molecule has 176 valence electrons. The van der Waals surface area contributed by atoms with E-state index in [1.807, 2.05) is 25.1 Å². The SMILES string of the molecule is Cc1ccc(NC(=O)Nc2ncc(CN3CCN(S(C)(=O)=O)CC3)s2)c(OCC(C)C)c1. The van der Waals surface area contributed by atoms with Gasteiger partial charge in [-0.3, -0.25) is 10.2 Å². The van der Waals surface area contributed by atoms with Gasteiger partial charge in [-0.2, -0.15) is 4.31 Å². The van der Waals surface area contributed by atoms with Crippen molar-refractivity contribution < 1.29 is 17.9 Å². The van der Waals surface area contributed by atoms with Crippen LogP contribution in [-0.2, 0) is 16.6 Å². The number of anilines is 2. The maximum absolute atomic E-state index is 12.5. The Morgan fingerprint density at radius 2 is 1.94 bits per heavy atom. The molecular formula is C21H31N5O4S2. The maximum atomic E-state index is 12.5. The number of nitrogens with one attached hydrogen (secondary N) is 2. The second kappa shape index (κ2) is 10.6. The molecule has 0 aliphatic carbocycles. The first-order valence-corrected chi connectivity index (χ1v) is 13.2. The average Bonchev–Trinajstić information content (AvgIpc) is 3.14. The Hall–Kier alpha value is -2.21. The van der Waals surface area contributed by atoms with Crippen LogP contribution in [0.25, 0.3) is 0 Å². The molecule has 1 fully saturated rings. The minimum atomic E-state index is -3.14. The highest BCUT2D eigenvalue weighted by Crippen LogP contribution is 2.27. The maximum Gasteiger partial charge on any atom is 0.325 e. The number of urea groups is 1. The van der Waals surface area contributed by atoms with E-state index in [9.17, 15) is 13.2 Å². The fourth-order valence-electron chi connectivity index (χ4n) is 3.24. The van der Waals surface area contributed by atoms with Gasteiger partial charge < -0.3 is 10.1 Å². The Balaban J connectivity index is 1.53. The molecule has 1 aliphatic heterocycles. The Labute approximate surface area is 193 Å². The van der Waals surface area contributed by atoms with Gasteiger partial charge in [-0.05, 0) is 30.5 Å². The van der Waals surface area contributed by atoms with E-state index in [1.54, 1.807) is 6.20 Å². The standard InChI is InChI=1S/C21H31N5O4S2/c1-15(2)14-30-19-11-16(3)5-6-18(19)23-20(27)24-21-22-12-17(31-21)13-25-7-9-26(10-8-25)32(4,28)29/h5-6,11-12,15H,7-10,13-14H2,1-4H3,(H2,22,23,24,27). The zero-order valence-electron chi connectivity index (χ0n) is 18.9. The lowest BCUT2D eigenvalue weighted by Crippen LogP contribution is -2.47. The lowest BCUT2D eigenvalue weighted by atomic mass is 10.2. The van der Waals surface area contributed by atoms with Gasteiger partial charge in [0.05, 0.1) is 18.6 Å². The van der Waals surface area contributed by atoms with Crippen LogP contribution in [0.15, 0.2) is 24.4 Å². The number of thiazole rings is 1. The second-order valence-corrected chi connectivity index (χ2v) is 11.5. The quantitative estimate of drug-likeness (QED) is 0.600. The molecule has 0 spiro atoms. The predicted molar refractivity (Wildman–Crippen MR) is 128 cm³/mol. The minimum Gasteiger partial charge on any atom is -0.491 e. The minimum absolute atomic E-state index is 0.375. The molecule has 2 aromatic rings. The molecular weight excluding hydrogens is 450 g/mol. The number of benzene rings is 1. The van der Waals surface area contributed by atoms with Crippen LogP contribution in [0.1, 0.15) is 24.3 Å². The van der Waals surface area contributed by atoms with Crippen LogP contribution in [0, 0.1) is 12.8 Å². The largest absolute Gasteiger partial charge is 0.491 e. The molecule has 0 saturated carbocycles. The molecule has 0 unspecified atom stereocenters. The van der Waals surface area contributed by atoms with Crippen molar-refractivity contribution in [2.24, 2.45) is 5.92 Å². The van der Waals surface area contributed by atoms with Crippen molar-refractivity contribution in [1.29, 1.82) is 0 Å². The fraction of sp³-hybridized carbons (Fsp3) is 0.524. The lowest BCUT2D eigenvalue weighted by Gasteiger charge is -2.32. The molecule has 1 aromatic carbocycles. The van der Waals surface area contributed by atoms with E-state index in [4.69, 9.17) is 4.74 Å². The number of carbonyl (C=O) groups excluding carboxylic acids is 1. The number of hydrogen-bond acceptors (Lipinski definition) is 7. The van der Waals surface area contributed by atoms with E-state index in [2.05, 4.69) is 34.4 Å². The van der Waals surface area contributed by atoms with E-state index in [1.165, 1.54) is 21.9 Å². The molecule has 0 atom stereocenters. The number of carbonyl (C=O) groups is 1.